The van der Waals surface area contributed by atoms with Crippen molar-refractivity contribution in [2.75, 3.05) is 20.1 Å². The molecule has 3 rings (SSSR count). The highest BCUT2D eigenvalue weighted by Crippen LogP contribution is 2.21. The molecule has 7 heteroatoms. The molecule has 2 aromatic heterocycles. The van der Waals surface area contributed by atoms with Crippen molar-refractivity contribution in [3.63, 3.8) is 0 Å². The Morgan fingerprint density at radius 2 is 2.27 bits per heavy atom. The van der Waals surface area contributed by atoms with E-state index in [9.17, 15) is 4.79 Å². The van der Waals surface area contributed by atoms with Crippen LogP contribution in [0.1, 0.15) is 28.9 Å². The summed E-state index contributed by atoms with van der Waals surface area (Å²) >= 11 is 1.57. The number of nitrogens with one attached hydrogen (secondary N) is 1. The number of hydrogen-bond donors (Lipinski definition) is 1. The van der Waals surface area contributed by atoms with Gasteiger partial charge in [0.25, 0.3) is 5.91 Å². The first-order valence-electron chi connectivity index (χ1n) is 7.61. The summed E-state index contributed by atoms with van der Waals surface area (Å²) in [5.74, 6) is 0.729. The first-order chi connectivity index (χ1) is 10.8. The fourth-order valence-corrected chi connectivity index (χ4v) is 3.47. The molecule has 1 amide bonds. The van der Waals surface area contributed by atoms with Crippen LogP contribution in [0.3, 0.4) is 0 Å². The molecule has 6 nitrogen and oxygen atoms in total. The highest BCUT2D eigenvalue weighted by molar-refractivity contribution is 7.08. The maximum Gasteiger partial charge on any atom is 0.254 e. The molecule has 0 aliphatic carbocycles. The maximum atomic E-state index is 12.3. The van der Waals surface area contributed by atoms with Gasteiger partial charge < -0.3 is 10.2 Å². The highest BCUT2D eigenvalue weighted by atomic mass is 32.1. The molecule has 0 bridgehead atoms. The van der Waals surface area contributed by atoms with Gasteiger partial charge >= 0.3 is 0 Å². The van der Waals surface area contributed by atoms with Crippen LogP contribution in [0.15, 0.2) is 23.0 Å². The lowest BCUT2D eigenvalue weighted by molar-refractivity contribution is 0.0681. The van der Waals surface area contributed by atoms with Crippen LogP contribution in [0.25, 0.3) is 0 Å². The van der Waals surface area contributed by atoms with E-state index in [1.807, 2.05) is 39.7 Å². The van der Waals surface area contributed by atoms with Crippen molar-refractivity contribution in [2.45, 2.75) is 25.9 Å². The summed E-state index contributed by atoms with van der Waals surface area (Å²) in [4.78, 5) is 14.3. The number of likely N-dealkylation sites (tertiary alicyclic amines) is 1. The molecule has 118 valence electrons. The van der Waals surface area contributed by atoms with E-state index in [4.69, 9.17) is 0 Å². The van der Waals surface area contributed by atoms with Crippen LogP contribution in [0, 0.1) is 5.92 Å². The topological polar surface area (TPSA) is 63.1 Å². The van der Waals surface area contributed by atoms with Crippen molar-refractivity contribution in [2.24, 2.45) is 5.92 Å². The van der Waals surface area contributed by atoms with Gasteiger partial charge in [-0.2, -0.15) is 11.3 Å². The fourth-order valence-electron chi connectivity index (χ4n) is 2.84. The second kappa shape index (κ2) is 7.02. The van der Waals surface area contributed by atoms with Crippen molar-refractivity contribution in [3.8, 4) is 0 Å². The van der Waals surface area contributed by atoms with Gasteiger partial charge in [0.15, 0.2) is 0 Å². The Hall–Kier alpha value is -1.73. The Morgan fingerprint density at radius 1 is 1.45 bits per heavy atom. The number of thiophene rings is 1. The Labute approximate surface area is 134 Å². The van der Waals surface area contributed by atoms with Crippen molar-refractivity contribution < 1.29 is 4.79 Å². The van der Waals surface area contributed by atoms with Crippen LogP contribution in [0.4, 0.5) is 0 Å². The molecule has 1 N–H and O–H groups in total. The second-order valence-corrected chi connectivity index (χ2v) is 6.49. The molecular weight excluding hydrogens is 298 g/mol. The van der Waals surface area contributed by atoms with Crippen molar-refractivity contribution >= 4 is 17.2 Å². The molecule has 1 saturated heterocycles. The summed E-state index contributed by atoms with van der Waals surface area (Å²) in [5, 5.41) is 15.3. The molecule has 2 aromatic rings. The molecular formula is C15H21N5OS. The molecule has 0 radical (unpaired) electrons. The van der Waals surface area contributed by atoms with Gasteiger partial charge in [-0.25, -0.2) is 0 Å². The zero-order chi connectivity index (χ0) is 15.4. The van der Waals surface area contributed by atoms with Crippen molar-refractivity contribution in [1.82, 2.24) is 25.2 Å². The largest absolute Gasteiger partial charge is 0.339 e. The summed E-state index contributed by atoms with van der Waals surface area (Å²) in [7, 11) is 1.90. The van der Waals surface area contributed by atoms with Crippen LogP contribution >= 0.6 is 11.3 Å². The average Bonchev–Trinajstić information content (AvgIpc) is 3.20. The quantitative estimate of drug-likeness (QED) is 0.909. The number of carbonyl (C=O) groups excluding carboxylic acids is 1. The molecule has 0 saturated carbocycles. The maximum absolute atomic E-state index is 12.3. The number of nitrogens with zero attached hydrogens (tertiary/aromatic N) is 4. The van der Waals surface area contributed by atoms with Gasteiger partial charge in [-0.1, -0.05) is 5.21 Å². The first-order valence-corrected chi connectivity index (χ1v) is 8.55. The summed E-state index contributed by atoms with van der Waals surface area (Å²) in [6.07, 6.45) is 4.05. The lowest BCUT2D eigenvalue weighted by Crippen LogP contribution is -2.39. The molecule has 0 unspecified atom stereocenters. The Balaban J connectivity index is 1.50. The van der Waals surface area contributed by atoms with E-state index < -0.39 is 0 Å². The third kappa shape index (κ3) is 3.53. The van der Waals surface area contributed by atoms with E-state index in [1.165, 1.54) is 0 Å². The van der Waals surface area contributed by atoms with Crippen LogP contribution in [-0.4, -0.2) is 45.9 Å². The molecule has 0 spiro atoms. The average molecular weight is 319 g/mol. The lowest BCUT2D eigenvalue weighted by Gasteiger charge is -2.31. The zero-order valence-electron chi connectivity index (χ0n) is 12.7. The van der Waals surface area contributed by atoms with Gasteiger partial charge in [0.05, 0.1) is 11.3 Å². The monoisotopic (exact) mass is 319 g/mol. The minimum Gasteiger partial charge on any atom is -0.339 e. The summed E-state index contributed by atoms with van der Waals surface area (Å²) in [5.41, 5.74) is 1.78. The number of piperidine rings is 1. The van der Waals surface area contributed by atoms with Crippen molar-refractivity contribution in [3.05, 3.63) is 34.3 Å². The molecule has 0 aromatic carbocycles. The van der Waals surface area contributed by atoms with Gasteiger partial charge in [-0.15, -0.1) is 5.10 Å². The fraction of sp³-hybridized carbons (Fsp3) is 0.533. The molecule has 1 fully saturated rings. The van der Waals surface area contributed by atoms with Crippen LogP contribution in [0.2, 0.25) is 0 Å². The summed E-state index contributed by atoms with van der Waals surface area (Å²) in [6.45, 7) is 3.29. The molecule has 1 aliphatic rings. The molecule has 0 atom stereocenters. The summed E-state index contributed by atoms with van der Waals surface area (Å²) < 4.78 is 1.92. The van der Waals surface area contributed by atoms with Gasteiger partial charge in [-0.3, -0.25) is 9.48 Å². The number of rotatable bonds is 5. The molecule has 1 aliphatic heterocycles. The smallest absolute Gasteiger partial charge is 0.254 e. The van der Waals surface area contributed by atoms with Gasteiger partial charge in [-0.05, 0) is 37.3 Å². The zero-order valence-corrected chi connectivity index (χ0v) is 13.6. The van der Waals surface area contributed by atoms with Crippen LogP contribution < -0.4 is 5.32 Å². The normalized spacial score (nSPS) is 16.1. The van der Waals surface area contributed by atoms with Crippen molar-refractivity contribution in [1.29, 1.82) is 0 Å². The SMILES string of the molecule is CNCc1cn(CC2CCN(C(=O)c3ccsc3)CC2)nn1. The molecule has 22 heavy (non-hydrogen) atoms. The number of hydrogen-bond acceptors (Lipinski definition) is 5. The minimum absolute atomic E-state index is 0.164. The Bertz CT molecular complexity index is 601. The van der Waals surface area contributed by atoms with Gasteiger partial charge in [0, 0.05) is 37.8 Å². The predicted molar refractivity (Wildman–Crippen MR) is 85.7 cm³/mol. The number of aromatic nitrogens is 3. The van der Waals surface area contributed by atoms with Gasteiger partial charge in [0.2, 0.25) is 0 Å². The second-order valence-electron chi connectivity index (χ2n) is 5.71. The third-order valence-electron chi connectivity index (χ3n) is 4.06. The number of carbonyl (C=O) groups is 1. The Morgan fingerprint density at radius 3 is 2.95 bits per heavy atom. The highest BCUT2D eigenvalue weighted by Gasteiger charge is 2.24. The first kappa shape index (κ1) is 15.2. The van der Waals surface area contributed by atoms with Crippen LogP contribution in [-0.2, 0) is 13.1 Å². The minimum atomic E-state index is 0.164. The van der Waals surface area contributed by atoms with Gasteiger partial charge in [0.1, 0.15) is 0 Å². The standard InChI is InChI=1S/C15H21N5OS/c1-16-8-14-10-20(18-17-14)9-12-2-5-19(6-3-12)15(21)13-4-7-22-11-13/h4,7,10-12,16H,2-3,5-6,8-9H2,1H3. The van der Waals surface area contributed by atoms with E-state index in [0.717, 1.165) is 50.3 Å². The summed E-state index contributed by atoms with van der Waals surface area (Å²) in [6, 6.07) is 1.90. The van der Waals surface area contributed by atoms with E-state index in [2.05, 4.69) is 15.6 Å². The van der Waals surface area contributed by atoms with E-state index >= 15 is 0 Å². The lowest BCUT2D eigenvalue weighted by atomic mass is 9.96. The Kier molecular flexibility index (Phi) is 4.84. The number of amides is 1. The van der Waals surface area contributed by atoms with Crippen LogP contribution in [0.5, 0.6) is 0 Å². The third-order valence-corrected chi connectivity index (χ3v) is 4.74. The van der Waals surface area contributed by atoms with E-state index in [0.29, 0.717) is 5.92 Å². The van der Waals surface area contributed by atoms with E-state index in [1.54, 1.807) is 11.3 Å². The van der Waals surface area contributed by atoms with E-state index in [-0.39, 0.29) is 5.91 Å². The molecule has 3 heterocycles. The predicted octanol–water partition coefficient (Wildman–Crippen LogP) is 1.61.